The van der Waals surface area contributed by atoms with Crippen molar-refractivity contribution < 1.29 is 9.26 Å². The minimum Gasteiger partial charge on any atom is -0.485 e. The molecule has 0 atom stereocenters. The zero-order chi connectivity index (χ0) is 17.8. The number of rotatable bonds is 7. The summed E-state index contributed by atoms with van der Waals surface area (Å²) in [6, 6.07) is 15.5. The molecule has 4 aromatic rings. The van der Waals surface area contributed by atoms with Crippen LogP contribution in [0.3, 0.4) is 0 Å². The van der Waals surface area contributed by atoms with E-state index < -0.39 is 0 Å². The van der Waals surface area contributed by atoms with E-state index in [4.69, 9.17) is 9.26 Å². The number of para-hydroxylation sites is 1. The summed E-state index contributed by atoms with van der Waals surface area (Å²) < 4.78 is 13.0. The lowest BCUT2D eigenvalue weighted by Crippen LogP contribution is -2.18. The van der Waals surface area contributed by atoms with Crippen molar-refractivity contribution in [3.63, 3.8) is 0 Å². The summed E-state index contributed by atoms with van der Waals surface area (Å²) >= 11 is 0. The van der Waals surface area contributed by atoms with E-state index in [9.17, 15) is 0 Å². The molecule has 0 saturated heterocycles. The lowest BCUT2D eigenvalue weighted by molar-refractivity contribution is 0.254. The Balaban J connectivity index is 1.34. The number of hydrogen-bond donors (Lipinski definition) is 0. The Morgan fingerprint density at radius 2 is 1.92 bits per heavy atom. The smallest absolute Gasteiger partial charge is 0.240 e. The molecule has 0 fully saturated rings. The number of aromatic nitrogens is 4. The van der Waals surface area contributed by atoms with Crippen molar-refractivity contribution in [3.8, 4) is 5.75 Å². The molecule has 0 saturated carbocycles. The maximum Gasteiger partial charge on any atom is 0.240 e. The number of ether oxygens (including phenoxy) is 1. The van der Waals surface area contributed by atoms with E-state index >= 15 is 0 Å². The van der Waals surface area contributed by atoms with Crippen LogP contribution in [-0.2, 0) is 19.7 Å². The van der Waals surface area contributed by atoms with Gasteiger partial charge in [-0.2, -0.15) is 4.98 Å². The van der Waals surface area contributed by atoms with E-state index in [-0.39, 0.29) is 6.61 Å². The van der Waals surface area contributed by atoms with Gasteiger partial charge in [0, 0.05) is 12.7 Å². The molecular formula is C19H19N5O2. The number of fused-ring (bicyclic) bond motifs is 1. The van der Waals surface area contributed by atoms with Gasteiger partial charge in [-0.25, -0.2) is 4.98 Å². The summed E-state index contributed by atoms with van der Waals surface area (Å²) in [5.41, 5.74) is 2.05. The van der Waals surface area contributed by atoms with E-state index in [0.717, 1.165) is 23.6 Å². The Morgan fingerprint density at radius 3 is 2.81 bits per heavy atom. The van der Waals surface area contributed by atoms with Gasteiger partial charge < -0.3 is 13.7 Å². The topological polar surface area (TPSA) is 68.7 Å². The standard InChI is InChI=1S/C19H19N5O2/c1-23(12-15-11-20-18-9-5-6-10-24(15)18)13-19-21-17(22-26-19)14-25-16-7-3-2-4-8-16/h2-11H,12-14H2,1H3. The number of benzene rings is 1. The molecule has 3 heterocycles. The fourth-order valence-corrected chi connectivity index (χ4v) is 2.74. The quantitative estimate of drug-likeness (QED) is 0.511. The molecule has 4 rings (SSSR count). The van der Waals surface area contributed by atoms with Gasteiger partial charge in [-0.3, -0.25) is 4.90 Å². The highest BCUT2D eigenvalue weighted by Crippen LogP contribution is 2.12. The van der Waals surface area contributed by atoms with Gasteiger partial charge in [-0.15, -0.1) is 0 Å². The Morgan fingerprint density at radius 1 is 1.08 bits per heavy atom. The number of imidazole rings is 1. The zero-order valence-corrected chi connectivity index (χ0v) is 14.4. The van der Waals surface area contributed by atoms with Crippen molar-refractivity contribution in [2.75, 3.05) is 7.05 Å². The van der Waals surface area contributed by atoms with Crippen molar-refractivity contribution >= 4 is 5.65 Å². The number of nitrogens with zero attached hydrogens (tertiary/aromatic N) is 5. The summed E-state index contributed by atoms with van der Waals surface area (Å²) in [6.45, 7) is 1.56. The molecule has 1 aromatic carbocycles. The van der Waals surface area contributed by atoms with E-state index in [1.165, 1.54) is 0 Å². The van der Waals surface area contributed by atoms with Gasteiger partial charge in [-0.1, -0.05) is 29.4 Å². The van der Waals surface area contributed by atoms with Gasteiger partial charge in [0.1, 0.15) is 11.4 Å². The molecule has 0 aliphatic rings. The molecule has 0 unspecified atom stereocenters. The average Bonchev–Trinajstić information content (AvgIpc) is 3.28. The van der Waals surface area contributed by atoms with Crippen molar-refractivity contribution in [2.45, 2.75) is 19.7 Å². The molecule has 132 valence electrons. The molecule has 0 N–H and O–H groups in total. The summed E-state index contributed by atoms with van der Waals surface area (Å²) in [5, 5.41) is 3.98. The van der Waals surface area contributed by atoms with Crippen LogP contribution in [-0.4, -0.2) is 31.5 Å². The van der Waals surface area contributed by atoms with Gasteiger partial charge in [0.15, 0.2) is 6.61 Å². The molecule has 0 bridgehead atoms. The molecule has 0 spiro atoms. The first kappa shape index (κ1) is 16.3. The van der Waals surface area contributed by atoms with E-state index in [1.54, 1.807) is 0 Å². The third kappa shape index (κ3) is 3.73. The van der Waals surface area contributed by atoms with Crippen LogP contribution in [0.4, 0.5) is 0 Å². The van der Waals surface area contributed by atoms with Crippen LogP contribution in [0.15, 0.2) is 65.4 Å². The van der Waals surface area contributed by atoms with Crippen LogP contribution >= 0.6 is 0 Å². The van der Waals surface area contributed by atoms with Crippen LogP contribution in [0.2, 0.25) is 0 Å². The number of pyridine rings is 1. The minimum atomic E-state index is 0.282. The maximum atomic E-state index is 5.63. The molecule has 3 aromatic heterocycles. The second-order valence-corrected chi connectivity index (χ2v) is 6.06. The first-order valence-electron chi connectivity index (χ1n) is 8.37. The van der Waals surface area contributed by atoms with Gasteiger partial charge in [0.25, 0.3) is 0 Å². The highest BCUT2D eigenvalue weighted by Gasteiger charge is 2.12. The second-order valence-electron chi connectivity index (χ2n) is 6.06. The fraction of sp³-hybridized carbons (Fsp3) is 0.211. The number of hydrogen-bond acceptors (Lipinski definition) is 6. The molecule has 0 radical (unpaired) electrons. The Hall–Kier alpha value is -3.19. The van der Waals surface area contributed by atoms with E-state index in [1.807, 2.05) is 68.0 Å². The van der Waals surface area contributed by atoms with Crippen molar-refractivity contribution in [1.29, 1.82) is 0 Å². The zero-order valence-electron chi connectivity index (χ0n) is 14.4. The molecule has 7 nitrogen and oxygen atoms in total. The highest BCUT2D eigenvalue weighted by molar-refractivity contribution is 5.39. The van der Waals surface area contributed by atoms with Crippen molar-refractivity contribution in [3.05, 3.63) is 78.3 Å². The van der Waals surface area contributed by atoms with Gasteiger partial charge in [-0.05, 0) is 31.3 Å². The predicted octanol–water partition coefficient (Wildman–Crippen LogP) is 2.93. The summed E-state index contributed by atoms with van der Waals surface area (Å²) in [7, 11) is 2.01. The molecule has 0 aliphatic heterocycles. The van der Waals surface area contributed by atoms with E-state index in [2.05, 4.69) is 24.4 Å². The lowest BCUT2D eigenvalue weighted by Gasteiger charge is -2.13. The molecule has 0 aliphatic carbocycles. The third-order valence-electron chi connectivity index (χ3n) is 3.95. The second kappa shape index (κ2) is 7.37. The van der Waals surface area contributed by atoms with Gasteiger partial charge >= 0.3 is 0 Å². The first-order chi connectivity index (χ1) is 12.8. The first-order valence-corrected chi connectivity index (χ1v) is 8.37. The van der Waals surface area contributed by atoms with Crippen LogP contribution in [0.5, 0.6) is 5.75 Å². The van der Waals surface area contributed by atoms with Crippen LogP contribution in [0.1, 0.15) is 17.4 Å². The van der Waals surface area contributed by atoms with Gasteiger partial charge in [0.2, 0.25) is 11.7 Å². The highest BCUT2D eigenvalue weighted by atomic mass is 16.5. The molecule has 26 heavy (non-hydrogen) atoms. The van der Waals surface area contributed by atoms with Crippen LogP contribution in [0.25, 0.3) is 5.65 Å². The summed E-state index contributed by atoms with van der Waals surface area (Å²) in [5.74, 6) is 1.88. The minimum absolute atomic E-state index is 0.282. The SMILES string of the molecule is CN(Cc1nc(COc2ccccc2)no1)Cc1cnc2ccccn12. The maximum absolute atomic E-state index is 5.63. The van der Waals surface area contributed by atoms with Crippen molar-refractivity contribution in [1.82, 2.24) is 24.4 Å². The molecular weight excluding hydrogens is 330 g/mol. The Labute approximate surface area is 150 Å². The largest absolute Gasteiger partial charge is 0.485 e. The third-order valence-corrected chi connectivity index (χ3v) is 3.95. The predicted molar refractivity (Wildman–Crippen MR) is 95.4 cm³/mol. The Bertz CT molecular complexity index is 980. The lowest BCUT2D eigenvalue weighted by atomic mass is 10.3. The van der Waals surface area contributed by atoms with Crippen molar-refractivity contribution in [2.24, 2.45) is 0 Å². The van der Waals surface area contributed by atoms with Crippen LogP contribution < -0.4 is 4.74 Å². The summed E-state index contributed by atoms with van der Waals surface area (Å²) in [6.07, 6.45) is 3.90. The summed E-state index contributed by atoms with van der Waals surface area (Å²) in [4.78, 5) is 10.9. The van der Waals surface area contributed by atoms with Gasteiger partial charge in [0.05, 0.1) is 18.4 Å². The average molecular weight is 349 g/mol. The molecule has 0 amide bonds. The Kier molecular flexibility index (Phi) is 4.61. The monoisotopic (exact) mass is 349 g/mol. The fourth-order valence-electron chi connectivity index (χ4n) is 2.74. The van der Waals surface area contributed by atoms with Crippen LogP contribution in [0, 0.1) is 0 Å². The molecule has 7 heteroatoms. The van der Waals surface area contributed by atoms with E-state index in [0.29, 0.717) is 18.3 Å². The normalized spacial score (nSPS) is 11.3.